The van der Waals surface area contributed by atoms with Gasteiger partial charge in [-0.2, -0.15) is 0 Å². The molecule has 1 fully saturated rings. The lowest BCUT2D eigenvalue weighted by atomic mass is 9.94. The summed E-state index contributed by atoms with van der Waals surface area (Å²) in [6.45, 7) is -1.75. The van der Waals surface area contributed by atoms with Crippen LogP contribution in [0.5, 0.6) is 0 Å². The second-order valence-corrected chi connectivity index (χ2v) is 4.70. The van der Waals surface area contributed by atoms with Crippen LogP contribution in [0.1, 0.15) is 0 Å². The van der Waals surface area contributed by atoms with E-state index in [9.17, 15) is 24.9 Å². The molecule has 14 heteroatoms. The molecule has 1 aliphatic rings. The Balaban J connectivity index is 2.83. The Hall–Kier alpha value is -2.60. The average Bonchev–Trinajstić information content (AvgIpc) is 2.57. The van der Waals surface area contributed by atoms with Gasteiger partial charge in [0, 0.05) is 9.82 Å². The van der Waals surface area contributed by atoms with Crippen LogP contribution in [0, 0.1) is 0 Å². The molecule has 24 heavy (non-hydrogen) atoms. The Morgan fingerprint density at radius 1 is 1.04 bits per heavy atom. The van der Waals surface area contributed by atoms with Crippen molar-refractivity contribution >= 4 is 11.8 Å². The lowest BCUT2D eigenvalue weighted by Crippen LogP contribution is -2.68. The normalized spacial score (nSPS) is 28.9. The maximum absolute atomic E-state index is 11.6. The summed E-state index contributed by atoms with van der Waals surface area (Å²) < 4.78 is 5.05. The average molecular weight is 344 g/mol. The van der Waals surface area contributed by atoms with E-state index in [0.29, 0.717) is 0 Å². The summed E-state index contributed by atoms with van der Waals surface area (Å²) in [6.07, 6.45) is -4.36. The highest BCUT2D eigenvalue weighted by Crippen LogP contribution is 2.20. The third-order valence-corrected chi connectivity index (χ3v) is 3.15. The minimum Gasteiger partial charge on any atom is -0.394 e. The molecule has 0 aromatic heterocycles. The van der Waals surface area contributed by atoms with Crippen molar-refractivity contribution in [2.75, 3.05) is 19.7 Å². The van der Waals surface area contributed by atoms with Crippen LogP contribution in [0.2, 0.25) is 0 Å². The number of aliphatic hydroxyl groups is 3. The molecule has 0 saturated carbocycles. The molecule has 1 saturated heterocycles. The van der Waals surface area contributed by atoms with Crippen LogP contribution in [0.4, 0.5) is 0 Å². The van der Waals surface area contributed by atoms with Crippen molar-refractivity contribution in [3.63, 3.8) is 0 Å². The summed E-state index contributed by atoms with van der Waals surface area (Å²) in [5.74, 6) is -1.55. The second-order valence-electron chi connectivity index (χ2n) is 4.70. The number of nitrogens with zero attached hydrogens (tertiary/aromatic N) is 6. The predicted octanol–water partition coefficient (Wildman–Crippen LogP) is -2.35. The number of carbonyl (C=O) groups excluding carboxylic acids is 2. The molecular weight excluding hydrogens is 328 g/mol. The van der Waals surface area contributed by atoms with Gasteiger partial charge in [-0.3, -0.25) is 9.59 Å². The van der Waals surface area contributed by atoms with Gasteiger partial charge in [0.25, 0.3) is 0 Å². The number of amides is 2. The fraction of sp³-hybridized carbons (Fsp3) is 0.800. The Morgan fingerprint density at radius 2 is 1.54 bits per heavy atom. The van der Waals surface area contributed by atoms with Crippen LogP contribution in [-0.2, 0) is 14.3 Å². The zero-order chi connectivity index (χ0) is 18.1. The molecule has 0 aliphatic carbocycles. The lowest BCUT2D eigenvalue weighted by Gasteiger charge is -2.42. The maximum Gasteiger partial charge on any atom is 0.226 e. The van der Waals surface area contributed by atoms with Crippen LogP contribution in [0.15, 0.2) is 10.2 Å². The summed E-state index contributed by atoms with van der Waals surface area (Å²) in [4.78, 5) is 27.9. The molecule has 14 nitrogen and oxygen atoms in total. The van der Waals surface area contributed by atoms with Crippen molar-refractivity contribution in [2.45, 2.75) is 30.6 Å². The van der Waals surface area contributed by atoms with Gasteiger partial charge in [0.1, 0.15) is 31.3 Å². The molecule has 0 aromatic carbocycles. The Bertz CT molecular complexity index is 560. The van der Waals surface area contributed by atoms with Crippen LogP contribution < -0.4 is 10.6 Å². The van der Waals surface area contributed by atoms with E-state index in [0.717, 1.165) is 0 Å². The summed E-state index contributed by atoms with van der Waals surface area (Å²) in [6, 6.07) is -2.54. The number of hydrogen-bond donors (Lipinski definition) is 5. The Kier molecular flexibility index (Phi) is 7.71. The molecule has 5 N–H and O–H groups in total. The highest BCUT2D eigenvalue weighted by Gasteiger charge is 2.45. The van der Waals surface area contributed by atoms with Gasteiger partial charge in [-0.05, 0) is 11.1 Å². The fourth-order valence-electron chi connectivity index (χ4n) is 2.11. The molecule has 0 aromatic rings. The topological polar surface area (TPSA) is 226 Å². The van der Waals surface area contributed by atoms with E-state index < -0.39 is 62.1 Å². The summed E-state index contributed by atoms with van der Waals surface area (Å²) in [5, 5.41) is 39.9. The monoisotopic (exact) mass is 344 g/mol. The first-order chi connectivity index (χ1) is 11.4. The Labute approximate surface area is 134 Å². The SMILES string of the molecule is [N-]=[N+]=NCC(=O)N[C@H]1[C@H](O)[C@H](NC(=O)CN=[N+]=[N-])C(O)O[C@@H]1CO. The van der Waals surface area contributed by atoms with Crippen molar-refractivity contribution in [3.05, 3.63) is 20.9 Å². The number of hydrogen-bond acceptors (Lipinski definition) is 8. The molecule has 1 aliphatic heterocycles. The minimum absolute atomic E-state index is 0.547. The van der Waals surface area contributed by atoms with Crippen LogP contribution in [0.3, 0.4) is 0 Å². The van der Waals surface area contributed by atoms with Gasteiger partial charge in [-0.1, -0.05) is 10.2 Å². The molecule has 0 spiro atoms. The van der Waals surface area contributed by atoms with Crippen LogP contribution >= 0.6 is 0 Å². The first-order valence-corrected chi connectivity index (χ1v) is 6.67. The van der Waals surface area contributed by atoms with Gasteiger partial charge in [0.15, 0.2) is 6.29 Å². The quantitative estimate of drug-likeness (QED) is 0.193. The van der Waals surface area contributed by atoms with E-state index >= 15 is 0 Å². The van der Waals surface area contributed by atoms with Crippen molar-refractivity contribution in [1.82, 2.24) is 10.6 Å². The van der Waals surface area contributed by atoms with Gasteiger partial charge in [0.05, 0.1) is 12.6 Å². The maximum atomic E-state index is 11.6. The molecule has 132 valence electrons. The van der Waals surface area contributed by atoms with Crippen LogP contribution in [-0.4, -0.2) is 77.4 Å². The van der Waals surface area contributed by atoms with E-state index in [2.05, 4.69) is 30.7 Å². The fourth-order valence-corrected chi connectivity index (χ4v) is 2.11. The zero-order valence-corrected chi connectivity index (χ0v) is 12.3. The standard InChI is InChI=1S/C10H16N8O6/c11-17-13-1-5(20)15-7-4(3-19)24-10(23)8(9(7)22)16-6(21)2-14-18-12/h4,7-10,19,22-23H,1-3H2,(H,15,20)(H,16,21)/t4-,7-,8+,9+,10?/m1/s1. The van der Waals surface area contributed by atoms with E-state index in [1.807, 2.05) is 0 Å². The van der Waals surface area contributed by atoms with Crippen molar-refractivity contribution < 1.29 is 29.6 Å². The first kappa shape index (κ1) is 19.4. The van der Waals surface area contributed by atoms with Crippen molar-refractivity contribution in [3.8, 4) is 0 Å². The molecule has 2 amide bonds. The number of azide groups is 2. The van der Waals surface area contributed by atoms with Gasteiger partial charge in [-0.15, -0.1) is 0 Å². The highest BCUT2D eigenvalue weighted by molar-refractivity contribution is 5.79. The third-order valence-electron chi connectivity index (χ3n) is 3.15. The summed E-state index contributed by atoms with van der Waals surface area (Å²) in [5.41, 5.74) is 16.3. The van der Waals surface area contributed by atoms with E-state index in [1.54, 1.807) is 0 Å². The van der Waals surface area contributed by atoms with Crippen molar-refractivity contribution in [1.29, 1.82) is 0 Å². The summed E-state index contributed by atoms with van der Waals surface area (Å²) in [7, 11) is 0. The van der Waals surface area contributed by atoms with Crippen molar-refractivity contribution in [2.24, 2.45) is 10.2 Å². The van der Waals surface area contributed by atoms with Gasteiger partial charge in [0.2, 0.25) is 11.8 Å². The molecular formula is C10H16N8O6. The van der Waals surface area contributed by atoms with Crippen LogP contribution in [0.25, 0.3) is 20.9 Å². The summed E-state index contributed by atoms with van der Waals surface area (Å²) >= 11 is 0. The number of carbonyl (C=O) groups is 2. The highest BCUT2D eigenvalue weighted by atomic mass is 16.6. The molecule has 1 heterocycles. The lowest BCUT2D eigenvalue weighted by molar-refractivity contribution is -0.226. The third kappa shape index (κ3) is 5.24. The molecule has 0 bridgehead atoms. The molecule has 5 atom stereocenters. The number of ether oxygens (including phenoxy) is 1. The first-order valence-electron chi connectivity index (χ1n) is 6.67. The van der Waals surface area contributed by atoms with Gasteiger partial charge >= 0.3 is 0 Å². The molecule has 1 unspecified atom stereocenters. The number of nitrogens with one attached hydrogen (secondary N) is 2. The van der Waals surface area contributed by atoms with E-state index in [1.165, 1.54) is 0 Å². The number of aliphatic hydroxyl groups excluding tert-OH is 3. The second kappa shape index (κ2) is 9.52. The van der Waals surface area contributed by atoms with Gasteiger partial charge < -0.3 is 30.7 Å². The van der Waals surface area contributed by atoms with E-state index in [-0.39, 0.29) is 0 Å². The number of rotatable bonds is 7. The van der Waals surface area contributed by atoms with E-state index in [4.69, 9.17) is 15.8 Å². The molecule has 0 radical (unpaired) electrons. The zero-order valence-electron chi connectivity index (χ0n) is 12.3. The smallest absolute Gasteiger partial charge is 0.226 e. The largest absolute Gasteiger partial charge is 0.394 e. The Morgan fingerprint density at radius 3 is 2.00 bits per heavy atom. The molecule has 1 rings (SSSR count). The predicted molar refractivity (Wildman–Crippen MR) is 75.9 cm³/mol. The van der Waals surface area contributed by atoms with Gasteiger partial charge in [-0.25, -0.2) is 0 Å². The minimum atomic E-state index is -1.67.